The monoisotopic (exact) mass is 371 g/mol. The molecule has 3 aromatic heterocycles. The molecule has 118 valence electrons. The summed E-state index contributed by atoms with van der Waals surface area (Å²) >= 11 is 4.06. The Balaban J connectivity index is 1.72. The van der Waals surface area contributed by atoms with E-state index in [-0.39, 0.29) is 5.00 Å². The number of nitro groups is 1. The fourth-order valence-electron chi connectivity index (χ4n) is 1.71. The van der Waals surface area contributed by atoms with Crippen molar-refractivity contribution in [1.29, 1.82) is 0 Å². The van der Waals surface area contributed by atoms with E-state index in [1.165, 1.54) is 28.7 Å². The summed E-state index contributed by atoms with van der Waals surface area (Å²) in [6.45, 7) is 0. The zero-order chi connectivity index (χ0) is 16.9. The third-order valence-corrected chi connectivity index (χ3v) is 5.61. The zero-order valence-electron chi connectivity index (χ0n) is 12.4. The first-order valence-electron chi connectivity index (χ1n) is 6.66. The Bertz CT molecular complexity index is 1000. The Morgan fingerprint density at radius 3 is 1.83 bits per heavy atom. The number of thiophene rings is 3. The molecule has 0 spiro atoms. The average molecular weight is 371 g/mol. The molecule has 7 heteroatoms. The molecule has 0 fully saturated rings. The maximum atomic E-state index is 10.6. The Morgan fingerprint density at radius 2 is 1.33 bits per heavy atom. The minimum Gasteiger partial charge on any atom is -0.487 e. The van der Waals surface area contributed by atoms with Gasteiger partial charge in [0.2, 0.25) is 0 Å². The van der Waals surface area contributed by atoms with Gasteiger partial charge in [-0.2, -0.15) is 0 Å². The van der Waals surface area contributed by atoms with Gasteiger partial charge in [0.05, 0.1) is 31.5 Å². The van der Waals surface area contributed by atoms with Crippen LogP contribution in [0.5, 0.6) is 5.06 Å². The molecule has 0 N–H and O–H groups in total. The van der Waals surface area contributed by atoms with Gasteiger partial charge in [-0.05, 0) is 54.0 Å². The van der Waals surface area contributed by atoms with Crippen molar-refractivity contribution in [3.05, 3.63) is 66.0 Å². The summed E-state index contributed by atoms with van der Waals surface area (Å²) in [5, 5.41) is 11.6. The summed E-state index contributed by atoms with van der Waals surface area (Å²) in [5.74, 6) is 12.2. The van der Waals surface area contributed by atoms with Crippen molar-refractivity contribution in [3.8, 4) is 28.7 Å². The van der Waals surface area contributed by atoms with Crippen molar-refractivity contribution in [2.45, 2.75) is 0 Å². The summed E-state index contributed by atoms with van der Waals surface area (Å²) in [5.41, 5.74) is 0. The molecule has 3 aromatic rings. The van der Waals surface area contributed by atoms with E-state index >= 15 is 0 Å². The first-order chi connectivity index (χ1) is 11.6. The summed E-state index contributed by atoms with van der Waals surface area (Å²) in [6, 6.07) is 10.8. The van der Waals surface area contributed by atoms with Gasteiger partial charge in [0.25, 0.3) is 0 Å². The molecule has 0 aromatic carbocycles. The van der Waals surface area contributed by atoms with Crippen LogP contribution in [0.2, 0.25) is 0 Å². The third kappa shape index (κ3) is 4.03. The first-order valence-corrected chi connectivity index (χ1v) is 9.11. The Hall–Kier alpha value is -2.58. The summed E-state index contributed by atoms with van der Waals surface area (Å²) in [4.78, 5) is 13.7. The fraction of sp³-hybridized carbons (Fsp3) is 0.0588. The minimum absolute atomic E-state index is 0.100. The molecule has 3 heterocycles. The highest BCUT2D eigenvalue weighted by atomic mass is 32.1. The van der Waals surface area contributed by atoms with Gasteiger partial charge < -0.3 is 4.74 Å². The van der Waals surface area contributed by atoms with Crippen LogP contribution in [0, 0.1) is 33.8 Å². The number of rotatable bonds is 2. The highest BCUT2D eigenvalue weighted by molar-refractivity contribution is 7.16. The van der Waals surface area contributed by atoms with Crippen LogP contribution >= 0.6 is 34.0 Å². The molecule has 0 saturated heterocycles. The smallest absolute Gasteiger partial charge is 0.325 e. The predicted octanol–water partition coefficient (Wildman–Crippen LogP) is 4.59. The van der Waals surface area contributed by atoms with E-state index in [9.17, 15) is 10.1 Å². The number of hydrogen-bond acceptors (Lipinski definition) is 6. The van der Waals surface area contributed by atoms with E-state index in [1.54, 1.807) is 13.2 Å². The second kappa shape index (κ2) is 7.33. The Kier molecular flexibility index (Phi) is 4.97. The zero-order valence-corrected chi connectivity index (χ0v) is 14.8. The van der Waals surface area contributed by atoms with E-state index in [2.05, 4.69) is 23.7 Å². The van der Waals surface area contributed by atoms with E-state index in [0.29, 0.717) is 4.88 Å². The highest BCUT2D eigenvalue weighted by Crippen LogP contribution is 2.24. The normalized spacial score (nSPS) is 9.54. The quantitative estimate of drug-likeness (QED) is 0.376. The fourth-order valence-corrected chi connectivity index (χ4v) is 3.77. The average Bonchev–Trinajstić information content (AvgIpc) is 3.30. The van der Waals surface area contributed by atoms with Crippen molar-refractivity contribution in [3.63, 3.8) is 0 Å². The highest BCUT2D eigenvalue weighted by Gasteiger charge is 2.07. The molecule has 24 heavy (non-hydrogen) atoms. The van der Waals surface area contributed by atoms with E-state index in [0.717, 1.165) is 31.0 Å². The lowest BCUT2D eigenvalue weighted by atomic mass is 10.4. The van der Waals surface area contributed by atoms with Gasteiger partial charge in [0.1, 0.15) is 0 Å². The van der Waals surface area contributed by atoms with Crippen molar-refractivity contribution in [1.82, 2.24) is 0 Å². The van der Waals surface area contributed by atoms with Crippen molar-refractivity contribution < 1.29 is 9.66 Å². The first kappa shape index (κ1) is 16.3. The van der Waals surface area contributed by atoms with Gasteiger partial charge in [-0.3, -0.25) is 10.1 Å². The second-order valence-electron chi connectivity index (χ2n) is 4.38. The second-order valence-corrected chi connectivity index (χ2v) is 7.57. The van der Waals surface area contributed by atoms with Gasteiger partial charge in [0, 0.05) is 6.07 Å². The number of nitrogens with zero attached hydrogens (tertiary/aromatic N) is 1. The van der Waals surface area contributed by atoms with E-state index in [1.807, 2.05) is 24.3 Å². The molecular formula is C17H9NO3S3. The molecule has 0 aliphatic rings. The molecule has 0 amide bonds. The van der Waals surface area contributed by atoms with Gasteiger partial charge in [0.15, 0.2) is 5.06 Å². The van der Waals surface area contributed by atoms with Crippen molar-refractivity contribution >= 4 is 39.0 Å². The third-order valence-electron chi connectivity index (χ3n) is 2.78. The topological polar surface area (TPSA) is 52.4 Å². The van der Waals surface area contributed by atoms with Gasteiger partial charge in [-0.1, -0.05) is 22.7 Å². The minimum atomic E-state index is -0.408. The molecule has 0 radical (unpaired) electrons. The van der Waals surface area contributed by atoms with E-state index in [4.69, 9.17) is 4.74 Å². The van der Waals surface area contributed by atoms with Crippen LogP contribution in [0.4, 0.5) is 5.00 Å². The van der Waals surface area contributed by atoms with Crippen molar-refractivity contribution in [2.24, 2.45) is 0 Å². The molecule has 4 nitrogen and oxygen atoms in total. The number of methoxy groups -OCH3 is 1. The Morgan fingerprint density at radius 1 is 0.833 bits per heavy atom. The molecule has 0 aliphatic heterocycles. The SMILES string of the molecule is COc1ccc(C#Cc2ccc(C#Cc3ccc([N+](=O)[O-])s3)s2)s1. The van der Waals surface area contributed by atoms with Gasteiger partial charge in [-0.15, -0.1) is 11.3 Å². The molecule has 0 unspecified atom stereocenters. The number of hydrogen-bond donors (Lipinski definition) is 0. The van der Waals surface area contributed by atoms with Crippen LogP contribution in [0.1, 0.15) is 19.5 Å². The molecule has 3 rings (SSSR count). The standard InChI is InChI=1S/C17H9NO3S3/c1-21-17-11-9-15(24-17)7-5-13-3-2-12(22-13)4-6-14-8-10-16(23-14)18(19)20/h2-3,8-11H,1H3. The molecule has 0 saturated carbocycles. The van der Waals surface area contributed by atoms with Crippen LogP contribution < -0.4 is 4.74 Å². The van der Waals surface area contributed by atoms with Crippen molar-refractivity contribution in [2.75, 3.05) is 7.11 Å². The number of ether oxygens (including phenoxy) is 1. The lowest BCUT2D eigenvalue weighted by molar-refractivity contribution is -0.380. The molecular weight excluding hydrogens is 362 g/mol. The van der Waals surface area contributed by atoms with Crippen LogP contribution in [0.15, 0.2) is 36.4 Å². The summed E-state index contributed by atoms with van der Waals surface area (Å²) in [7, 11) is 1.63. The Labute approximate surface area is 150 Å². The van der Waals surface area contributed by atoms with Crippen LogP contribution in [0.25, 0.3) is 0 Å². The maximum absolute atomic E-state index is 10.6. The largest absolute Gasteiger partial charge is 0.487 e. The van der Waals surface area contributed by atoms with Gasteiger partial charge >= 0.3 is 5.00 Å². The van der Waals surface area contributed by atoms with Crippen LogP contribution in [-0.4, -0.2) is 12.0 Å². The maximum Gasteiger partial charge on any atom is 0.325 e. The van der Waals surface area contributed by atoms with Crippen LogP contribution in [0.3, 0.4) is 0 Å². The lowest BCUT2D eigenvalue weighted by Gasteiger charge is -1.87. The molecule has 0 atom stereocenters. The lowest BCUT2D eigenvalue weighted by Crippen LogP contribution is -1.80. The van der Waals surface area contributed by atoms with Crippen LogP contribution in [-0.2, 0) is 0 Å². The summed E-state index contributed by atoms with van der Waals surface area (Å²) < 4.78 is 5.14. The van der Waals surface area contributed by atoms with E-state index < -0.39 is 4.92 Å². The molecule has 0 bridgehead atoms. The molecule has 0 aliphatic carbocycles. The predicted molar refractivity (Wildman–Crippen MR) is 98.1 cm³/mol. The van der Waals surface area contributed by atoms with Gasteiger partial charge in [-0.25, -0.2) is 0 Å². The summed E-state index contributed by atoms with van der Waals surface area (Å²) in [6.07, 6.45) is 0.